The maximum atomic E-state index is 11.1. The highest BCUT2D eigenvalue weighted by Gasteiger charge is 2.21. The standard InChI is InChI=1S/C17H17ClN4O2Si/c1-25(2,3)17-11-21(20-19-17)16-8-7-13(18)10-15(16)12-5-4-6-14(9-12)22(23)24/h4-11H,1-3H3. The van der Waals surface area contributed by atoms with E-state index in [1.165, 1.54) is 12.1 Å². The fourth-order valence-corrected chi connectivity index (χ4v) is 3.48. The molecule has 128 valence electrons. The Hall–Kier alpha value is -2.51. The lowest BCUT2D eigenvalue weighted by Crippen LogP contribution is -2.38. The third kappa shape index (κ3) is 3.62. The molecule has 0 bridgehead atoms. The lowest BCUT2D eigenvalue weighted by molar-refractivity contribution is -0.384. The van der Waals surface area contributed by atoms with Gasteiger partial charge in [0.25, 0.3) is 5.69 Å². The number of non-ortho nitro benzene ring substituents is 1. The predicted molar refractivity (Wildman–Crippen MR) is 101 cm³/mol. The Morgan fingerprint density at radius 3 is 2.56 bits per heavy atom. The van der Waals surface area contributed by atoms with E-state index in [2.05, 4.69) is 30.0 Å². The Morgan fingerprint density at radius 2 is 1.92 bits per heavy atom. The van der Waals surface area contributed by atoms with Crippen LogP contribution in [0, 0.1) is 10.1 Å². The first kappa shape index (κ1) is 17.3. The summed E-state index contributed by atoms with van der Waals surface area (Å²) in [5.74, 6) is 0. The zero-order valence-electron chi connectivity index (χ0n) is 14.1. The topological polar surface area (TPSA) is 73.8 Å². The average Bonchev–Trinajstić information content (AvgIpc) is 3.05. The molecule has 0 amide bonds. The van der Waals surface area contributed by atoms with Gasteiger partial charge in [-0.05, 0) is 23.8 Å². The quantitative estimate of drug-likeness (QED) is 0.393. The molecule has 0 radical (unpaired) electrons. The van der Waals surface area contributed by atoms with Gasteiger partial charge in [0.05, 0.1) is 15.9 Å². The summed E-state index contributed by atoms with van der Waals surface area (Å²) in [5.41, 5.74) is 2.28. The van der Waals surface area contributed by atoms with Crippen molar-refractivity contribution < 1.29 is 4.92 Å². The number of aromatic nitrogens is 3. The lowest BCUT2D eigenvalue weighted by atomic mass is 10.0. The van der Waals surface area contributed by atoms with Gasteiger partial charge in [0, 0.05) is 28.9 Å². The molecule has 0 spiro atoms. The molecule has 1 heterocycles. The first-order chi connectivity index (χ1) is 11.8. The molecule has 3 rings (SSSR count). The van der Waals surface area contributed by atoms with Crippen molar-refractivity contribution in [2.45, 2.75) is 19.6 Å². The van der Waals surface area contributed by atoms with Crippen molar-refractivity contribution in [3.05, 3.63) is 63.8 Å². The number of nitro groups is 1. The van der Waals surface area contributed by atoms with E-state index in [4.69, 9.17) is 11.6 Å². The van der Waals surface area contributed by atoms with Crippen molar-refractivity contribution in [2.24, 2.45) is 0 Å². The normalized spacial score (nSPS) is 11.5. The predicted octanol–water partition coefficient (Wildman–Crippen LogP) is 4.04. The van der Waals surface area contributed by atoms with Gasteiger partial charge in [-0.2, -0.15) is 0 Å². The van der Waals surface area contributed by atoms with Crippen molar-refractivity contribution in [3.8, 4) is 16.8 Å². The largest absolute Gasteiger partial charge is 0.270 e. The highest BCUT2D eigenvalue weighted by atomic mass is 35.5. The van der Waals surface area contributed by atoms with E-state index in [0.29, 0.717) is 10.6 Å². The van der Waals surface area contributed by atoms with Crippen molar-refractivity contribution in [3.63, 3.8) is 0 Å². The van der Waals surface area contributed by atoms with Crippen molar-refractivity contribution in [1.29, 1.82) is 0 Å². The van der Waals surface area contributed by atoms with Crippen molar-refractivity contribution >= 4 is 30.7 Å². The number of halogens is 1. The second kappa shape index (κ2) is 6.42. The number of hydrogen-bond donors (Lipinski definition) is 0. The summed E-state index contributed by atoms with van der Waals surface area (Å²) in [6, 6.07) is 11.9. The van der Waals surface area contributed by atoms with Crippen LogP contribution in [0.3, 0.4) is 0 Å². The highest BCUT2D eigenvalue weighted by molar-refractivity contribution is 6.88. The first-order valence-electron chi connectivity index (χ1n) is 7.73. The Kier molecular flexibility index (Phi) is 4.44. The van der Waals surface area contributed by atoms with Crippen LogP contribution in [0.5, 0.6) is 0 Å². The van der Waals surface area contributed by atoms with Gasteiger partial charge in [0.15, 0.2) is 0 Å². The van der Waals surface area contributed by atoms with Gasteiger partial charge in [0.2, 0.25) is 0 Å². The van der Waals surface area contributed by atoms with Crippen molar-refractivity contribution in [1.82, 2.24) is 15.0 Å². The van der Waals surface area contributed by atoms with Crippen LogP contribution in [0.15, 0.2) is 48.7 Å². The van der Waals surface area contributed by atoms with Crippen LogP contribution in [0.4, 0.5) is 5.69 Å². The van der Waals surface area contributed by atoms with E-state index in [1.807, 2.05) is 18.3 Å². The Morgan fingerprint density at radius 1 is 1.16 bits per heavy atom. The van der Waals surface area contributed by atoms with E-state index in [0.717, 1.165) is 16.6 Å². The second-order valence-electron chi connectivity index (χ2n) is 6.77. The van der Waals surface area contributed by atoms with Crippen LogP contribution in [0.25, 0.3) is 16.8 Å². The van der Waals surface area contributed by atoms with E-state index >= 15 is 0 Å². The maximum Gasteiger partial charge on any atom is 0.270 e. The SMILES string of the molecule is C[Si](C)(C)c1cn(-c2ccc(Cl)cc2-c2cccc([N+](=O)[O-])c2)nn1. The molecule has 0 fully saturated rings. The van der Waals surface area contributed by atoms with Crippen molar-refractivity contribution in [2.75, 3.05) is 0 Å². The molecule has 25 heavy (non-hydrogen) atoms. The van der Waals surface area contributed by atoms with Gasteiger partial charge in [-0.3, -0.25) is 10.1 Å². The molecule has 0 unspecified atom stereocenters. The number of nitro benzene ring substituents is 1. The smallest absolute Gasteiger partial charge is 0.258 e. The Bertz CT molecular complexity index is 950. The Balaban J connectivity index is 2.15. The fourth-order valence-electron chi connectivity index (χ4n) is 2.45. The third-order valence-corrected chi connectivity index (χ3v) is 5.84. The molecular formula is C17H17ClN4O2Si. The summed E-state index contributed by atoms with van der Waals surface area (Å²) in [5, 5.41) is 21.2. The second-order valence-corrected chi connectivity index (χ2v) is 12.2. The molecule has 1 aromatic heterocycles. The zero-order valence-corrected chi connectivity index (χ0v) is 15.9. The summed E-state index contributed by atoms with van der Waals surface area (Å²) in [4.78, 5) is 10.7. The average molecular weight is 373 g/mol. The summed E-state index contributed by atoms with van der Waals surface area (Å²) in [6.07, 6.45) is 1.93. The lowest BCUT2D eigenvalue weighted by Gasteiger charge is -2.11. The molecule has 0 saturated heterocycles. The molecule has 6 nitrogen and oxygen atoms in total. The van der Waals surface area contributed by atoms with E-state index in [1.54, 1.807) is 22.9 Å². The molecule has 8 heteroatoms. The number of rotatable bonds is 4. The molecule has 3 aromatic rings. The van der Waals surface area contributed by atoms with Crippen LogP contribution in [-0.4, -0.2) is 28.0 Å². The van der Waals surface area contributed by atoms with Crippen LogP contribution < -0.4 is 5.32 Å². The van der Waals surface area contributed by atoms with Crippen LogP contribution in [-0.2, 0) is 0 Å². The highest BCUT2D eigenvalue weighted by Crippen LogP contribution is 2.31. The van der Waals surface area contributed by atoms with Gasteiger partial charge >= 0.3 is 0 Å². The minimum absolute atomic E-state index is 0.0322. The Labute approximate surface area is 151 Å². The zero-order chi connectivity index (χ0) is 18.2. The van der Waals surface area contributed by atoms with E-state index < -0.39 is 13.0 Å². The van der Waals surface area contributed by atoms with Gasteiger partial charge in [0.1, 0.15) is 8.07 Å². The first-order valence-corrected chi connectivity index (χ1v) is 11.6. The van der Waals surface area contributed by atoms with Gasteiger partial charge < -0.3 is 0 Å². The number of hydrogen-bond acceptors (Lipinski definition) is 4. The molecular weight excluding hydrogens is 356 g/mol. The van der Waals surface area contributed by atoms with Crippen LogP contribution in [0.1, 0.15) is 0 Å². The van der Waals surface area contributed by atoms with Crippen LogP contribution >= 0.6 is 11.6 Å². The molecule has 0 saturated carbocycles. The summed E-state index contributed by atoms with van der Waals surface area (Å²) >= 11 is 6.16. The van der Waals surface area contributed by atoms with Gasteiger partial charge in [-0.15, -0.1) is 5.10 Å². The summed E-state index contributed by atoms with van der Waals surface area (Å²) in [6.45, 7) is 6.60. The summed E-state index contributed by atoms with van der Waals surface area (Å²) in [7, 11) is -1.59. The third-order valence-electron chi connectivity index (χ3n) is 3.84. The molecule has 0 aliphatic heterocycles. The number of nitrogens with zero attached hydrogens (tertiary/aromatic N) is 4. The van der Waals surface area contributed by atoms with E-state index in [-0.39, 0.29) is 5.69 Å². The molecule has 0 N–H and O–H groups in total. The summed E-state index contributed by atoms with van der Waals surface area (Å²) < 4.78 is 1.71. The van der Waals surface area contributed by atoms with E-state index in [9.17, 15) is 10.1 Å². The van der Waals surface area contributed by atoms with Gasteiger partial charge in [-0.25, -0.2) is 4.68 Å². The minimum Gasteiger partial charge on any atom is -0.258 e. The molecule has 0 aliphatic rings. The number of benzene rings is 2. The minimum atomic E-state index is -1.59. The molecule has 2 aromatic carbocycles. The molecule has 0 aliphatic carbocycles. The van der Waals surface area contributed by atoms with Crippen LogP contribution in [0.2, 0.25) is 24.7 Å². The fraction of sp³-hybridized carbons (Fsp3) is 0.176. The maximum absolute atomic E-state index is 11.1. The van der Waals surface area contributed by atoms with Gasteiger partial charge in [-0.1, -0.05) is 48.6 Å². The monoisotopic (exact) mass is 372 g/mol. The molecule has 0 atom stereocenters.